The Kier molecular flexibility index (Phi) is 4.89. The van der Waals surface area contributed by atoms with Crippen LogP contribution in [0.2, 0.25) is 0 Å². The molecule has 0 fully saturated rings. The van der Waals surface area contributed by atoms with E-state index in [4.69, 9.17) is 0 Å². The van der Waals surface area contributed by atoms with Crippen LogP contribution in [-0.4, -0.2) is 40.4 Å². The predicted octanol–water partition coefficient (Wildman–Crippen LogP) is 0.565. The number of hydrogen-bond acceptors (Lipinski definition) is 6. The first-order valence-electron chi connectivity index (χ1n) is 7.09. The third-order valence-corrected chi connectivity index (χ3v) is 3.19. The van der Waals surface area contributed by atoms with E-state index in [0.717, 1.165) is 10.8 Å². The van der Waals surface area contributed by atoms with Crippen LogP contribution in [0.25, 0.3) is 5.65 Å². The molecule has 0 unspecified atom stereocenters. The van der Waals surface area contributed by atoms with Crippen molar-refractivity contribution in [3.8, 4) is 0 Å². The Hall–Kier alpha value is -2.97. The molecule has 2 aromatic heterocycles. The van der Waals surface area contributed by atoms with Crippen LogP contribution < -0.4 is 15.8 Å². The van der Waals surface area contributed by atoms with Gasteiger partial charge in [-0.3, -0.25) is 24.1 Å². The second-order valence-corrected chi connectivity index (χ2v) is 4.98. The Morgan fingerprint density at radius 2 is 2.22 bits per heavy atom. The van der Waals surface area contributed by atoms with Crippen molar-refractivity contribution >= 4 is 23.1 Å². The van der Waals surface area contributed by atoms with Crippen LogP contribution in [0.3, 0.4) is 0 Å². The molecule has 23 heavy (non-hydrogen) atoms. The smallest absolute Gasteiger partial charge is 0.355 e. The van der Waals surface area contributed by atoms with Crippen LogP contribution in [0.5, 0.6) is 0 Å². The number of aromatic nitrogens is 2. The SMILES string of the molecule is CCCNC(=O)CN(C)c1nc2ccccn2c(=O)c1[N+](=O)[O-]. The largest absolute Gasteiger partial charge is 0.376 e. The summed E-state index contributed by atoms with van der Waals surface area (Å²) >= 11 is 0. The summed E-state index contributed by atoms with van der Waals surface area (Å²) in [6, 6.07) is 4.83. The highest BCUT2D eigenvalue weighted by Gasteiger charge is 2.26. The summed E-state index contributed by atoms with van der Waals surface area (Å²) in [7, 11) is 1.49. The lowest BCUT2D eigenvalue weighted by atomic mass is 10.3. The summed E-state index contributed by atoms with van der Waals surface area (Å²) in [6.07, 6.45) is 2.20. The third-order valence-electron chi connectivity index (χ3n) is 3.19. The number of rotatable bonds is 6. The zero-order valence-electron chi connectivity index (χ0n) is 12.9. The van der Waals surface area contributed by atoms with Crippen LogP contribution in [0.4, 0.5) is 11.5 Å². The fourth-order valence-corrected chi connectivity index (χ4v) is 2.10. The number of carbonyl (C=O) groups is 1. The van der Waals surface area contributed by atoms with Crippen molar-refractivity contribution in [3.63, 3.8) is 0 Å². The quantitative estimate of drug-likeness (QED) is 0.615. The number of nitro groups is 1. The molecule has 1 N–H and O–H groups in total. The molecule has 0 aromatic carbocycles. The molecule has 0 bridgehead atoms. The summed E-state index contributed by atoms with van der Waals surface area (Å²) in [5, 5.41) is 13.9. The van der Waals surface area contributed by atoms with Gasteiger partial charge >= 0.3 is 11.2 Å². The molecule has 0 aliphatic rings. The van der Waals surface area contributed by atoms with Crippen LogP contribution in [-0.2, 0) is 4.79 Å². The van der Waals surface area contributed by atoms with Crippen LogP contribution in [0.1, 0.15) is 13.3 Å². The van der Waals surface area contributed by atoms with Crippen molar-refractivity contribution in [1.82, 2.24) is 14.7 Å². The molecule has 9 heteroatoms. The molecule has 0 atom stereocenters. The average molecular weight is 319 g/mol. The molecule has 0 aliphatic carbocycles. The van der Waals surface area contributed by atoms with E-state index in [2.05, 4.69) is 10.3 Å². The van der Waals surface area contributed by atoms with Crippen LogP contribution in [0.15, 0.2) is 29.2 Å². The highest BCUT2D eigenvalue weighted by Crippen LogP contribution is 2.21. The number of fused-ring (bicyclic) bond motifs is 1. The van der Waals surface area contributed by atoms with Gasteiger partial charge in [0.2, 0.25) is 11.7 Å². The van der Waals surface area contributed by atoms with Crippen molar-refractivity contribution in [2.75, 3.05) is 25.0 Å². The summed E-state index contributed by atoms with van der Waals surface area (Å²) in [5.74, 6) is -0.420. The van der Waals surface area contributed by atoms with Crippen molar-refractivity contribution in [1.29, 1.82) is 0 Å². The van der Waals surface area contributed by atoms with Gasteiger partial charge < -0.3 is 10.2 Å². The molecule has 9 nitrogen and oxygen atoms in total. The first-order valence-corrected chi connectivity index (χ1v) is 7.09. The number of hydrogen-bond donors (Lipinski definition) is 1. The molecule has 1 amide bonds. The molecular weight excluding hydrogens is 302 g/mol. The number of nitrogens with zero attached hydrogens (tertiary/aromatic N) is 4. The van der Waals surface area contributed by atoms with Crippen molar-refractivity contribution < 1.29 is 9.72 Å². The zero-order valence-corrected chi connectivity index (χ0v) is 12.9. The first kappa shape index (κ1) is 16.4. The van der Waals surface area contributed by atoms with Gasteiger partial charge in [0.25, 0.3) is 0 Å². The molecule has 122 valence electrons. The van der Waals surface area contributed by atoms with E-state index in [-0.39, 0.29) is 23.9 Å². The first-order chi connectivity index (χ1) is 11.0. The van der Waals surface area contributed by atoms with E-state index in [0.29, 0.717) is 6.54 Å². The second-order valence-electron chi connectivity index (χ2n) is 4.98. The Morgan fingerprint density at radius 1 is 1.48 bits per heavy atom. The molecule has 2 heterocycles. The Labute approximate surface area is 131 Å². The number of pyridine rings is 1. The number of nitrogens with one attached hydrogen (secondary N) is 1. The van der Waals surface area contributed by atoms with Gasteiger partial charge in [-0.2, -0.15) is 0 Å². The molecule has 0 aliphatic heterocycles. The normalized spacial score (nSPS) is 10.5. The predicted molar refractivity (Wildman–Crippen MR) is 84.7 cm³/mol. The van der Waals surface area contributed by atoms with E-state index in [1.165, 1.54) is 18.1 Å². The molecular formula is C14H17N5O4. The van der Waals surface area contributed by atoms with Gasteiger partial charge in [0.1, 0.15) is 5.65 Å². The van der Waals surface area contributed by atoms with Crippen LogP contribution in [0, 0.1) is 10.1 Å². The van der Waals surface area contributed by atoms with Gasteiger partial charge in [0.15, 0.2) is 0 Å². The lowest BCUT2D eigenvalue weighted by Crippen LogP contribution is -2.37. The van der Waals surface area contributed by atoms with Gasteiger partial charge in [-0.25, -0.2) is 4.98 Å². The van der Waals surface area contributed by atoms with Gasteiger partial charge in [-0.15, -0.1) is 0 Å². The average Bonchev–Trinajstić information content (AvgIpc) is 2.52. The van der Waals surface area contributed by atoms with Gasteiger partial charge in [0, 0.05) is 19.8 Å². The van der Waals surface area contributed by atoms with E-state index in [9.17, 15) is 19.7 Å². The van der Waals surface area contributed by atoms with Gasteiger partial charge in [-0.1, -0.05) is 13.0 Å². The zero-order chi connectivity index (χ0) is 17.0. The lowest BCUT2D eigenvalue weighted by molar-refractivity contribution is -0.385. The van der Waals surface area contributed by atoms with Crippen molar-refractivity contribution in [2.45, 2.75) is 13.3 Å². The summed E-state index contributed by atoms with van der Waals surface area (Å²) in [6.45, 7) is 2.31. The number of anilines is 1. The highest BCUT2D eigenvalue weighted by molar-refractivity contribution is 5.81. The molecule has 2 rings (SSSR count). The van der Waals surface area contributed by atoms with E-state index in [1.54, 1.807) is 18.2 Å². The molecule has 2 aromatic rings. The highest BCUT2D eigenvalue weighted by atomic mass is 16.6. The number of amides is 1. The topological polar surface area (TPSA) is 110 Å². The second kappa shape index (κ2) is 6.86. The maximum Gasteiger partial charge on any atom is 0.376 e. The van der Waals surface area contributed by atoms with E-state index >= 15 is 0 Å². The Balaban J connectivity index is 2.46. The van der Waals surface area contributed by atoms with Gasteiger partial charge in [-0.05, 0) is 18.6 Å². The summed E-state index contributed by atoms with van der Waals surface area (Å²) in [5.41, 5.74) is -1.16. The maximum absolute atomic E-state index is 12.3. The van der Waals surface area contributed by atoms with E-state index < -0.39 is 16.2 Å². The summed E-state index contributed by atoms with van der Waals surface area (Å²) < 4.78 is 1.10. The summed E-state index contributed by atoms with van der Waals surface area (Å²) in [4.78, 5) is 40.0. The van der Waals surface area contributed by atoms with E-state index in [1.807, 2.05) is 6.92 Å². The molecule has 0 saturated heterocycles. The van der Waals surface area contributed by atoms with Crippen LogP contribution >= 0.6 is 0 Å². The van der Waals surface area contributed by atoms with Crippen molar-refractivity contribution in [2.24, 2.45) is 0 Å². The number of carbonyl (C=O) groups excluding carboxylic acids is 1. The minimum Gasteiger partial charge on any atom is -0.355 e. The Bertz CT molecular complexity index is 801. The lowest BCUT2D eigenvalue weighted by Gasteiger charge is -2.17. The standard InChI is InChI=1S/C14H17N5O4/c1-3-7-15-11(20)9-17(2)13-12(19(22)23)14(21)18-8-5-4-6-10(18)16-13/h4-6,8H,3,7,9H2,1-2H3,(H,15,20). The maximum atomic E-state index is 12.3. The molecule has 0 radical (unpaired) electrons. The molecule has 0 saturated carbocycles. The molecule has 0 spiro atoms. The van der Waals surface area contributed by atoms with Crippen molar-refractivity contribution in [3.05, 3.63) is 44.9 Å². The third kappa shape index (κ3) is 3.44. The minimum absolute atomic E-state index is 0.127. The fourth-order valence-electron chi connectivity index (χ4n) is 2.10. The van der Waals surface area contributed by atoms with Gasteiger partial charge in [0.05, 0.1) is 11.5 Å². The Morgan fingerprint density at radius 3 is 2.87 bits per heavy atom. The fraction of sp³-hybridized carbons (Fsp3) is 0.357. The number of likely N-dealkylation sites (N-methyl/N-ethyl adjacent to an activating group) is 1. The monoisotopic (exact) mass is 319 g/mol. The minimum atomic E-state index is -0.781.